The third kappa shape index (κ3) is 4.93. The molecule has 3 rings (SSSR count). The van der Waals surface area contributed by atoms with Crippen molar-refractivity contribution in [3.63, 3.8) is 0 Å². The first-order valence-electron chi connectivity index (χ1n) is 8.47. The first-order chi connectivity index (χ1) is 13.5. The second-order valence-electron chi connectivity index (χ2n) is 6.00. The van der Waals surface area contributed by atoms with Gasteiger partial charge >= 0.3 is 0 Å². The second kappa shape index (κ2) is 8.94. The normalized spacial score (nSPS) is 10.8. The maximum atomic E-state index is 14.4. The minimum absolute atomic E-state index is 0.0368. The summed E-state index contributed by atoms with van der Waals surface area (Å²) in [4.78, 5) is 4.15. The molecule has 3 aromatic rings. The molecule has 2 aromatic carbocycles. The average molecular weight is 407 g/mol. The van der Waals surface area contributed by atoms with Crippen LogP contribution in [0.3, 0.4) is 0 Å². The Hall–Kier alpha value is -2.78. The van der Waals surface area contributed by atoms with E-state index in [-0.39, 0.29) is 24.5 Å². The minimum atomic E-state index is -0.683. The zero-order valence-electron chi connectivity index (χ0n) is 15.3. The molecule has 0 aliphatic rings. The van der Waals surface area contributed by atoms with E-state index < -0.39 is 11.6 Å². The van der Waals surface area contributed by atoms with Crippen molar-refractivity contribution in [1.82, 2.24) is 9.36 Å². The number of ether oxygens (including phenoxy) is 2. The maximum absolute atomic E-state index is 14.4. The van der Waals surface area contributed by atoms with Gasteiger partial charge in [-0.2, -0.15) is 4.37 Å². The summed E-state index contributed by atoms with van der Waals surface area (Å²) >= 11 is 1.09. The monoisotopic (exact) mass is 407 g/mol. The highest BCUT2D eigenvalue weighted by Crippen LogP contribution is 2.30. The molecule has 2 N–H and O–H groups in total. The largest absolute Gasteiger partial charge is 0.497 e. The molecular formula is C19H19F2N3O3S. The fourth-order valence-electron chi connectivity index (χ4n) is 2.50. The molecule has 0 saturated heterocycles. The smallest absolute Gasteiger partial charge is 0.202 e. The van der Waals surface area contributed by atoms with Crippen LogP contribution in [0.4, 0.5) is 13.9 Å². The maximum Gasteiger partial charge on any atom is 0.202 e. The van der Waals surface area contributed by atoms with Crippen LogP contribution in [0, 0.1) is 18.6 Å². The van der Waals surface area contributed by atoms with Gasteiger partial charge in [-0.3, -0.25) is 0 Å². The standard InChI is InChI=1S/C19H19F2N3O3S/c1-11-5-13(26-2)8-14(6-11)27-17-9-15(20)12(7-16(17)21)10-22-19-23-18(3-4-25)24-28-19/h5-9,25H,3-4,10H2,1-2H3,(H,22,23,24). The summed E-state index contributed by atoms with van der Waals surface area (Å²) in [6.07, 6.45) is 0.344. The Morgan fingerprint density at radius 1 is 1.11 bits per heavy atom. The van der Waals surface area contributed by atoms with Crippen molar-refractivity contribution in [2.24, 2.45) is 0 Å². The quantitative estimate of drug-likeness (QED) is 0.586. The molecule has 0 fully saturated rings. The lowest BCUT2D eigenvalue weighted by atomic mass is 10.2. The van der Waals surface area contributed by atoms with Crippen molar-refractivity contribution >= 4 is 16.7 Å². The van der Waals surface area contributed by atoms with Gasteiger partial charge in [0.2, 0.25) is 5.13 Å². The Balaban J connectivity index is 1.72. The molecule has 0 spiro atoms. The highest BCUT2D eigenvalue weighted by molar-refractivity contribution is 7.09. The number of nitrogens with zero attached hydrogens (tertiary/aromatic N) is 2. The fourth-order valence-corrected chi connectivity index (χ4v) is 3.11. The van der Waals surface area contributed by atoms with Gasteiger partial charge < -0.3 is 19.9 Å². The predicted octanol–water partition coefficient (Wildman–Crippen LogP) is 4.07. The molecule has 0 saturated carbocycles. The van der Waals surface area contributed by atoms with E-state index in [1.807, 2.05) is 6.92 Å². The molecule has 0 aliphatic heterocycles. The first kappa shape index (κ1) is 20.0. The number of hydrogen-bond donors (Lipinski definition) is 2. The van der Waals surface area contributed by atoms with E-state index >= 15 is 0 Å². The van der Waals surface area contributed by atoms with Crippen LogP contribution in [-0.2, 0) is 13.0 Å². The van der Waals surface area contributed by atoms with Crippen LogP contribution in [0.1, 0.15) is 17.0 Å². The van der Waals surface area contributed by atoms with Gasteiger partial charge in [0.1, 0.15) is 23.1 Å². The molecule has 0 aliphatic carbocycles. The van der Waals surface area contributed by atoms with E-state index in [1.165, 1.54) is 7.11 Å². The number of methoxy groups -OCH3 is 1. The number of aryl methyl sites for hydroxylation is 1. The molecule has 1 aromatic heterocycles. The van der Waals surface area contributed by atoms with Crippen molar-refractivity contribution in [2.75, 3.05) is 19.0 Å². The van der Waals surface area contributed by atoms with Crippen LogP contribution in [0.15, 0.2) is 30.3 Å². The number of aromatic nitrogens is 2. The lowest BCUT2D eigenvalue weighted by molar-refractivity contribution is 0.297. The number of aliphatic hydroxyl groups is 1. The van der Waals surface area contributed by atoms with Crippen molar-refractivity contribution in [1.29, 1.82) is 0 Å². The number of halogens is 2. The number of benzene rings is 2. The summed E-state index contributed by atoms with van der Waals surface area (Å²) in [5.41, 5.74) is 0.999. The molecule has 6 nitrogen and oxygen atoms in total. The van der Waals surface area contributed by atoms with Gasteiger partial charge in [0.05, 0.1) is 13.7 Å². The number of hydrogen-bond acceptors (Lipinski definition) is 7. The third-order valence-electron chi connectivity index (χ3n) is 3.82. The molecule has 0 amide bonds. The summed E-state index contributed by atoms with van der Waals surface area (Å²) < 4.78 is 43.5. The van der Waals surface area contributed by atoms with Gasteiger partial charge in [0.15, 0.2) is 11.6 Å². The van der Waals surface area contributed by atoms with Crippen molar-refractivity contribution in [3.8, 4) is 17.2 Å². The van der Waals surface area contributed by atoms with Gasteiger partial charge in [0, 0.05) is 42.2 Å². The van der Waals surface area contributed by atoms with E-state index in [0.717, 1.165) is 29.2 Å². The Bertz CT molecular complexity index is 966. The molecule has 0 radical (unpaired) electrons. The summed E-state index contributed by atoms with van der Waals surface area (Å²) in [5, 5.41) is 12.2. The van der Waals surface area contributed by atoms with Crippen LogP contribution in [0.25, 0.3) is 0 Å². The molecule has 1 heterocycles. The van der Waals surface area contributed by atoms with E-state index in [9.17, 15) is 8.78 Å². The number of aliphatic hydroxyl groups excluding tert-OH is 1. The van der Waals surface area contributed by atoms with E-state index in [4.69, 9.17) is 14.6 Å². The van der Waals surface area contributed by atoms with Gasteiger partial charge in [-0.1, -0.05) is 0 Å². The summed E-state index contributed by atoms with van der Waals surface area (Å²) in [6.45, 7) is 1.83. The van der Waals surface area contributed by atoms with Gasteiger partial charge in [0.25, 0.3) is 0 Å². The Labute approximate surface area is 164 Å². The predicted molar refractivity (Wildman–Crippen MR) is 102 cm³/mol. The zero-order valence-corrected chi connectivity index (χ0v) is 16.1. The van der Waals surface area contributed by atoms with Crippen molar-refractivity contribution in [2.45, 2.75) is 19.9 Å². The number of nitrogens with one attached hydrogen (secondary N) is 1. The van der Waals surface area contributed by atoms with E-state index in [2.05, 4.69) is 14.7 Å². The highest BCUT2D eigenvalue weighted by atomic mass is 32.1. The van der Waals surface area contributed by atoms with Crippen LogP contribution >= 0.6 is 11.5 Å². The summed E-state index contributed by atoms with van der Waals surface area (Å²) in [6, 6.07) is 7.20. The molecular weight excluding hydrogens is 388 g/mol. The molecule has 28 heavy (non-hydrogen) atoms. The third-order valence-corrected chi connectivity index (χ3v) is 4.53. The van der Waals surface area contributed by atoms with Crippen molar-refractivity contribution < 1.29 is 23.4 Å². The van der Waals surface area contributed by atoms with Gasteiger partial charge in [-0.05, 0) is 30.7 Å². The van der Waals surface area contributed by atoms with E-state index in [0.29, 0.717) is 28.9 Å². The van der Waals surface area contributed by atoms with Crippen LogP contribution in [0.5, 0.6) is 17.2 Å². The molecule has 0 bridgehead atoms. The SMILES string of the molecule is COc1cc(C)cc(Oc2cc(F)c(CNc3nc(CCO)ns3)cc2F)c1. The summed E-state index contributed by atoms with van der Waals surface area (Å²) in [7, 11) is 1.52. The average Bonchev–Trinajstić information content (AvgIpc) is 3.10. The lowest BCUT2D eigenvalue weighted by Crippen LogP contribution is -2.04. The highest BCUT2D eigenvalue weighted by Gasteiger charge is 2.13. The molecule has 0 atom stereocenters. The summed E-state index contributed by atoms with van der Waals surface area (Å²) in [5.74, 6) is -0.0878. The Kier molecular flexibility index (Phi) is 6.37. The van der Waals surface area contributed by atoms with Gasteiger partial charge in [-0.15, -0.1) is 0 Å². The van der Waals surface area contributed by atoms with Crippen molar-refractivity contribution in [3.05, 3.63) is 58.9 Å². The lowest BCUT2D eigenvalue weighted by Gasteiger charge is -2.11. The molecule has 148 valence electrons. The van der Waals surface area contributed by atoms with Crippen LogP contribution < -0.4 is 14.8 Å². The minimum Gasteiger partial charge on any atom is -0.497 e. The van der Waals surface area contributed by atoms with Crippen LogP contribution in [0.2, 0.25) is 0 Å². The van der Waals surface area contributed by atoms with Gasteiger partial charge in [-0.25, -0.2) is 13.8 Å². The van der Waals surface area contributed by atoms with Crippen LogP contribution in [-0.4, -0.2) is 28.2 Å². The number of rotatable bonds is 8. The first-order valence-corrected chi connectivity index (χ1v) is 9.24. The fraction of sp³-hybridized carbons (Fsp3) is 0.263. The molecule has 0 unspecified atom stereocenters. The topological polar surface area (TPSA) is 76.5 Å². The zero-order chi connectivity index (χ0) is 20.1. The Morgan fingerprint density at radius 3 is 2.64 bits per heavy atom. The van der Waals surface area contributed by atoms with E-state index in [1.54, 1.807) is 18.2 Å². The second-order valence-corrected chi connectivity index (χ2v) is 6.76. The number of anilines is 1. The molecule has 9 heteroatoms. The Morgan fingerprint density at radius 2 is 1.89 bits per heavy atom.